The fraction of sp³-hybridized carbons (Fsp3) is 0.600. The largest absolute Gasteiger partial charge is 0.313 e. The first kappa shape index (κ1) is 17.2. The summed E-state index contributed by atoms with van der Waals surface area (Å²) in [4.78, 5) is 0.343. The maximum Gasteiger partial charge on any atom is 0.160 e. The predicted molar refractivity (Wildman–Crippen MR) is 79.2 cm³/mol. The van der Waals surface area contributed by atoms with Gasteiger partial charge in [0.05, 0.1) is 10.8 Å². The molecule has 0 saturated heterocycles. The lowest BCUT2D eigenvalue weighted by Crippen LogP contribution is -2.39. The first-order valence-corrected chi connectivity index (χ1v) is 8.38. The van der Waals surface area contributed by atoms with E-state index >= 15 is 0 Å². The molecular formula is C15H23F2NOS. The highest BCUT2D eigenvalue weighted by Gasteiger charge is 2.19. The van der Waals surface area contributed by atoms with Gasteiger partial charge in [-0.25, -0.2) is 8.78 Å². The number of halogens is 2. The molecular weight excluding hydrogens is 280 g/mol. The van der Waals surface area contributed by atoms with Gasteiger partial charge in [-0.05, 0) is 37.1 Å². The van der Waals surface area contributed by atoms with E-state index < -0.39 is 22.4 Å². The third-order valence-electron chi connectivity index (χ3n) is 3.47. The highest BCUT2D eigenvalue weighted by Crippen LogP contribution is 2.16. The minimum absolute atomic E-state index is 0.119. The Morgan fingerprint density at radius 2 is 1.95 bits per heavy atom. The van der Waals surface area contributed by atoms with Gasteiger partial charge >= 0.3 is 0 Å². The van der Waals surface area contributed by atoms with Crippen LogP contribution in [-0.2, 0) is 10.8 Å². The third kappa shape index (κ3) is 4.94. The van der Waals surface area contributed by atoms with Gasteiger partial charge in [0.1, 0.15) is 0 Å². The molecule has 2 nitrogen and oxygen atoms in total. The number of hydrogen-bond acceptors (Lipinski definition) is 2. The molecule has 0 heterocycles. The normalized spacial score (nSPS) is 15.8. The van der Waals surface area contributed by atoms with E-state index in [1.807, 2.05) is 0 Å². The molecule has 0 aromatic heterocycles. The molecule has 0 radical (unpaired) electrons. The van der Waals surface area contributed by atoms with Crippen molar-refractivity contribution in [2.75, 3.05) is 12.3 Å². The van der Waals surface area contributed by atoms with Gasteiger partial charge in [0.2, 0.25) is 0 Å². The molecule has 20 heavy (non-hydrogen) atoms. The van der Waals surface area contributed by atoms with Crippen LogP contribution in [0.5, 0.6) is 0 Å². The minimum Gasteiger partial charge on any atom is -0.313 e. The summed E-state index contributed by atoms with van der Waals surface area (Å²) in [6.07, 6.45) is 1.99. The smallest absolute Gasteiger partial charge is 0.160 e. The van der Waals surface area contributed by atoms with Crippen molar-refractivity contribution in [3.8, 4) is 0 Å². The second-order valence-electron chi connectivity index (χ2n) is 5.03. The number of hydrogen-bond donors (Lipinski definition) is 1. The van der Waals surface area contributed by atoms with E-state index in [2.05, 4.69) is 26.1 Å². The van der Waals surface area contributed by atoms with Crippen molar-refractivity contribution >= 4 is 10.8 Å². The standard InChI is InChI=1S/C15H23F2NOS/c1-4-8-18-15(11(3)5-2)10-20(19)12-6-7-13(16)14(17)9-12/h6-7,9,11,15,18H,4-5,8,10H2,1-3H3. The molecule has 1 aromatic rings. The van der Waals surface area contributed by atoms with E-state index in [-0.39, 0.29) is 6.04 Å². The monoisotopic (exact) mass is 303 g/mol. The van der Waals surface area contributed by atoms with Crippen LogP contribution >= 0.6 is 0 Å². The second-order valence-corrected chi connectivity index (χ2v) is 6.53. The molecule has 5 heteroatoms. The van der Waals surface area contributed by atoms with Gasteiger partial charge in [0, 0.05) is 16.7 Å². The summed E-state index contributed by atoms with van der Waals surface area (Å²) in [6.45, 7) is 7.14. The Bertz CT molecular complexity index is 453. The first-order valence-electron chi connectivity index (χ1n) is 7.06. The molecule has 1 aromatic carbocycles. The van der Waals surface area contributed by atoms with Crippen molar-refractivity contribution < 1.29 is 13.0 Å². The molecule has 3 unspecified atom stereocenters. The number of rotatable bonds is 8. The topological polar surface area (TPSA) is 29.1 Å². The summed E-state index contributed by atoms with van der Waals surface area (Å²) >= 11 is 0. The van der Waals surface area contributed by atoms with Crippen molar-refractivity contribution in [1.82, 2.24) is 5.32 Å². The molecule has 0 aliphatic heterocycles. The Labute approximate surface area is 122 Å². The maximum atomic E-state index is 13.2. The number of benzene rings is 1. The van der Waals surface area contributed by atoms with E-state index in [0.29, 0.717) is 16.6 Å². The van der Waals surface area contributed by atoms with Crippen LogP contribution in [0, 0.1) is 17.6 Å². The molecule has 0 fully saturated rings. The van der Waals surface area contributed by atoms with Gasteiger partial charge in [0.15, 0.2) is 11.6 Å². The molecule has 0 amide bonds. The highest BCUT2D eigenvalue weighted by atomic mass is 32.2. The average molecular weight is 303 g/mol. The van der Waals surface area contributed by atoms with Crippen LogP contribution < -0.4 is 5.32 Å². The lowest BCUT2D eigenvalue weighted by Gasteiger charge is -2.24. The third-order valence-corrected chi connectivity index (χ3v) is 4.91. The summed E-state index contributed by atoms with van der Waals surface area (Å²) in [5.41, 5.74) is 0. The minimum atomic E-state index is -1.33. The van der Waals surface area contributed by atoms with Crippen LogP contribution in [0.4, 0.5) is 8.78 Å². The van der Waals surface area contributed by atoms with Crippen molar-refractivity contribution in [3.05, 3.63) is 29.8 Å². The van der Waals surface area contributed by atoms with Crippen LogP contribution in [0.25, 0.3) is 0 Å². The van der Waals surface area contributed by atoms with E-state index in [1.165, 1.54) is 6.07 Å². The van der Waals surface area contributed by atoms with Crippen LogP contribution in [-0.4, -0.2) is 22.5 Å². The molecule has 0 aliphatic rings. The summed E-state index contributed by atoms with van der Waals surface area (Å²) in [5.74, 6) is -1.05. The SMILES string of the molecule is CCCNC(CS(=O)c1ccc(F)c(F)c1)C(C)CC. The van der Waals surface area contributed by atoms with Gasteiger partial charge in [-0.15, -0.1) is 0 Å². The fourth-order valence-corrected chi connectivity index (χ4v) is 3.34. The van der Waals surface area contributed by atoms with Crippen LogP contribution in [0.3, 0.4) is 0 Å². The quantitative estimate of drug-likeness (QED) is 0.796. The molecule has 3 atom stereocenters. The van der Waals surface area contributed by atoms with Gasteiger partial charge in [-0.1, -0.05) is 27.2 Å². The van der Waals surface area contributed by atoms with E-state index in [1.54, 1.807) is 0 Å². The zero-order chi connectivity index (χ0) is 15.1. The summed E-state index contributed by atoms with van der Waals surface area (Å²) in [5, 5.41) is 3.39. The van der Waals surface area contributed by atoms with Gasteiger partial charge in [-0.3, -0.25) is 4.21 Å². The fourth-order valence-electron chi connectivity index (χ4n) is 1.92. The van der Waals surface area contributed by atoms with E-state index in [9.17, 15) is 13.0 Å². The summed E-state index contributed by atoms with van der Waals surface area (Å²) in [7, 11) is -1.33. The second kappa shape index (κ2) is 8.47. The molecule has 0 bridgehead atoms. The Balaban J connectivity index is 2.76. The van der Waals surface area contributed by atoms with E-state index in [0.717, 1.165) is 31.5 Å². The van der Waals surface area contributed by atoms with Crippen LogP contribution in [0.1, 0.15) is 33.6 Å². The molecule has 1 rings (SSSR count). The molecule has 1 N–H and O–H groups in total. The maximum absolute atomic E-state index is 13.2. The zero-order valence-corrected chi connectivity index (χ0v) is 13.1. The Morgan fingerprint density at radius 3 is 2.50 bits per heavy atom. The lowest BCUT2D eigenvalue weighted by atomic mass is 10.0. The molecule has 0 spiro atoms. The van der Waals surface area contributed by atoms with Crippen molar-refractivity contribution in [3.63, 3.8) is 0 Å². The first-order chi connectivity index (χ1) is 9.49. The lowest BCUT2D eigenvalue weighted by molar-refractivity contribution is 0.394. The average Bonchev–Trinajstić information content (AvgIpc) is 2.45. The Morgan fingerprint density at radius 1 is 1.25 bits per heavy atom. The Hall–Kier alpha value is -0.810. The predicted octanol–water partition coefficient (Wildman–Crippen LogP) is 3.49. The Kier molecular flexibility index (Phi) is 7.30. The summed E-state index contributed by atoms with van der Waals surface area (Å²) in [6, 6.07) is 3.57. The van der Waals surface area contributed by atoms with Gasteiger partial charge < -0.3 is 5.32 Å². The molecule has 114 valence electrons. The van der Waals surface area contributed by atoms with Crippen molar-refractivity contribution in [2.24, 2.45) is 5.92 Å². The van der Waals surface area contributed by atoms with Crippen LogP contribution in [0.2, 0.25) is 0 Å². The van der Waals surface area contributed by atoms with Crippen LogP contribution in [0.15, 0.2) is 23.1 Å². The van der Waals surface area contributed by atoms with Crippen molar-refractivity contribution in [1.29, 1.82) is 0 Å². The zero-order valence-electron chi connectivity index (χ0n) is 12.3. The van der Waals surface area contributed by atoms with Gasteiger partial charge in [-0.2, -0.15) is 0 Å². The number of nitrogens with one attached hydrogen (secondary N) is 1. The molecule has 0 aliphatic carbocycles. The van der Waals surface area contributed by atoms with Crippen molar-refractivity contribution in [2.45, 2.75) is 44.6 Å². The highest BCUT2D eigenvalue weighted by molar-refractivity contribution is 7.85. The van der Waals surface area contributed by atoms with Gasteiger partial charge in [0.25, 0.3) is 0 Å². The van der Waals surface area contributed by atoms with E-state index in [4.69, 9.17) is 0 Å². The summed E-state index contributed by atoms with van der Waals surface area (Å²) < 4.78 is 38.4. The molecule has 0 saturated carbocycles.